The van der Waals surface area contributed by atoms with Crippen molar-refractivity contribution in [3.63, 3.8) is 0 Å². The summed E-state index contributed by atoms with van der Waals surface area (Å²) in [5.74, 6) is 0.792. The van der Waals surface area contributed by atoms with Crippen LogP contribution in [0.15, 0.2) is 54.7 Å². The molecule has 3 aromatic rings. The van der Waals surface area contributed by atoms with E-state index in [0.29, 0.717) is 18.8 Å². The molecule has 162 valence electrons. The molecule has 1 saturated heterocycles. The van der Waals surface area contributed by atoms with Gasteiger partial charge >= 0.3 is 0 Å². The molecule has 1 aromatic heterocycles. The number of carbonyl (C=O) groups is 1. The quantitative estimate of drug-likeness (QED) is 0.580. The first-order valence-electron chi connectivity index (χ1n) is 10.5. The van der Waals surface area contributed by atoms with Gasteiger partial charge in [0.05, 0.1) is 0 Å². The van der Waals surface area contributed by atoms with Crippen LogP contribution in [0.2, 0.25) is 5.02 Å². The summed E-state index contributed by atoms with van der Waals surface area (Å²) < 4.78 is 7.54. The van der Waals surface area contributed by atoms with Crippen LogP contribution in [0.1, 0.15) is 27.2 Å². The molecule has 1 amide bonds. The Morgan fingerprint density at radius 2 is 1.84 bits per heavy atom. The van der Waals surface area contributed by atoms with E-state index < -0.39 is 0 Å². The molecule has 1 fully saturated rings. The first-order valence-corrected chi connectivity index (χ1v) is 10.9. The van der Waals surface area contributed by atoms with E-state index in [1.165, 1.54) is 0 Å². The Bertz CT molecular complexity index is 1060. The Morgan fingerprint density at radius 3 is 2.61 bits per heavy atom. The SMILES string of the molecule is Cc1ccc(C)c(OCn2ccc(C(=O)N3CCN(Cc4ccccc4Cl)CC3)n2)c1. The van der Waals surface area contributed by atoms with E-state index >= 15 is 0 Å². The number of piperazine rings is 1. The fourth-order valence-electron chi connectivity index (χ4n) is 3.68. The van der Waals surface area contributed by atoms with Crippen molar-refractivity contribution < 1.29 is 9.53 Å². The van der Waals surface area contributed by atoms with Crippen LogP contribution in [0.4, 0.5) is 0 Å². The Hall–Kier alpha value is -2.83. The van der Waals surface area contributed by atoms with Crippen LogP contribution in [-0.4, -0.2) is 51.7 Å². The van der Waals surface area contributed by atoms with Gasteiger partial charge in [0.15, 0.2) is 12.4 Å². The minimum absolute atomic E-state index is 0.0390. The van der Waals surface area contributed by atoms with Crippen LogP contribution >= 0.6 is 11.6 Å². The molecule has 0 unspecified atom stereocenters. The van der Waals surface area contributed by atoms with Gasteiger partial charge in [-0.05, 0) is 48.7 Å². The lowest BCUT2D eigenvalue weighted by atomic mass is 10.1. The Morgan fingerprint density at radius 1 is 1.06 bits per heavy atom. The molecular weight excluding hydrogens is 412 g/mol. The first kappa shape index (κ1) is 21.4. The molecule has 2 heterocycles. The molecule has 2 aromatic carbocycles. The molecule has 1 aliphatic heterocycles. The molecule has 31 heavy (non-hydrogen) atoms. The highest BCUT2D eigenvalue weighted by molar-refractivity contribution is 6.31. The van der Waals surface area contributed by atoms with Crippen molar-refractivity contribution in [1.82, 2.24) is 19.6 Å². The molecule has 0 spiro atoms. The minimum atomic E-state index is -0.0390. The minimum Gasteiger partial charge on any atom is -0.471 e. The monoisotopic (exact) mass is 438 g/mol. The summed E-state index contributed by atoms with van der Waals surface area (Å²) in [6, 6.07) is 15.8. The zero-order valence-corrected chi connectivity index (χ0v) is 18.7. The zero-order valence-electron chi connectivity index (χ0n) is 17.9. The van der Waals surface area contributed by atoms with Crippen LogP contribution < -0.4 is 4.74 Å². The number of aryl methyl sites for hydroxylation is 2. The number of hydrogen-bond acceptors (Lipinski definition) is 4. The van der Waals surface area contributed by atoms with Gasteiger partial charge < -0.3 is 9.64 Å². The fraction of sp³-hybridized carbons (Fsp3) is 0.333. The van der Waals surface area contributed by atoms with Crippen molar-refractivity contribution in [3.8, 4) is 5.75 Å². The van der Waals surface area contributed by atoms with Crippen LogP contribution in [0.5, 0.6) is 5.75 Å². The molecule has 1 aliphatic rings. The molecule has 0 bridgehead atoms. The van der Waals surface area contributed by atoms with Crippen LogP contribution in [0.3, 0.4) is 0 Å². The summed E-state index contributed by atoms with van der Waals surface area (Å²) >= 11 is 6.27. The van der Waals surface area contributed by atoms with Gasteiger partial charge in [-0.25, -0.2) is 4.68 Å². The van der Waals surface area contributed by atoms with Gasteiger partial charge in [0.1, 0.15) is 5.75 Å². The molecule has 0 saturated carbocycles. The molecule has 0 N–H and O–H groups in total. The first-order chi connectivity index (χ1) is 15.0. The highest BCUT2D eigenvalue weighted by Crippen LogP contribution is 2.20. The summed E-state index contributed by atoms with van der Waals surface area (Å²) in [4.78, 5) is 17.1. The summed E-state index contributed by atoms with van der Waals surface area (Å²) in [5, 5.41) is 5.21. The van der Waals surface area contributed by atoms with Crippen molar-refractivity contribution in [1.29, 1.82) is 0 Å². The zero-order chi connectivity index (χ0) is 21.8. The van der Waals surface area contributed by atoms with Gasteiger partial charge in [0.25, 0.3) is 5.91 Å². The molecular formula is C24H27ClN4O2. The number of benzene rings is 2. The van der Waals surface area contributed by atoms with Crippen LogP contribution in [0, 0.1) is 13.8 Å². The van der Waals surface area contributed by atoms with E-state index in [1.54, 1.807) is 16.9 Å². The van der Waals surface area contributed by atoms with E-state index in [9.17, 15) is 4.79 Å². The predicted molar refractivity (Wildman–Crippen MR) is 121 cm³/mol. The lowest BCUT2D eigenvalue weighted by Gasteiger charge is -2.34. The molecule has 4 rings (SSSR count). The molecule has 0 radical (unpaired) electrons. The maximum atomic E-state index is 12.9. The second-order valence-corrected chi connectivity index (χ2v) is 8.35. The number of nitrogens with zero attached hydrogens (tertiary/aromatic N) is 4. The summed E-state index contributed by atoms with van der Waals surface area (Å²) in [6.07, 6.45) is 1.78. The fourth-order valence-corrected chi connectivity index (χ4v) is 3.88. The third-order valence-corrected chi connectivity index (χ3v) is 5.94. The Kier molecular flexibility index (Phi) is 6.59. The molecule has 0 atom stereocenters. The normalized spacial score (nSPS) is 14.6. The van der Waals surface area contributed by atoms with E-state index in [4.69, 9.17) is 16.3 Å². The number of aromatic nitrogens is 2. The van der Waals surface area contributed by atoms with E-state index in [2.05, 4.69) is 16.1 Å². The van der Waals surface area contributed by atoms with Gasteiger partial charge in [-0.1, -0.05) is 41.9 Å². The molecule has 7 heteroatoms. The van der Waals surface area contributed by atoms with E-state index in [-0.39, 0.29) is 12.6 Å². The largest absolute Gasteiger partial charge is 0.471 e. The standard InChI is InChI=1S/C24H27ClN4O2/c1-18-7-8-19(2)23(15-18)31-17-29-10-9-22(26-29)24(30)28-13-11-27(12-14-28)16-20-5-3-4-6-21(20)25/h3-10,15H,11-14,16-17H2,1-2H3. The summed E-state index contributed by atoms with van der Waals surface area (Å²) in [5.41, 5.74) is 3.78. The number of rotatable bonds is 6. The predicted octanol–water partition coefficient (Wildman–Crippen LogP) is 4.15. The van der Waals surface area contributed by atoms with Gasteiger partial charge in [-0.2, -0.15) is 5.10 Å². The number of halogens is 1. The highest BCUT2D eigenvalue weighted by Gasteiger charge is 2.24. The highest BCUT2D eigenvalue weighted by atomic mass is 35.5. The van der Waals surface area contributed by atoms with Gasteiger partial charge in [0, 0.05) is 43.9 Å². The summed E-state index contributed by atoms with van der Waals surface area (Å²) in [7, 11) is 0. The smallest absolute Gasteiger partial charge is 0.274 e. The average molecular weight is 439 g/mol. The second-order valence-electron chi connectivity index (χ2n) is 7.94. The van der Waals surface area contributed by atoms with Crippen molar-refractivity contribution in [2.24, 2.45) is 0 Å². The average Bonchev–Trinajstić information content (AvgIpc) is 3.25. The number of amides is 1. The topological polar surface area (TPSA) is 50.6 Å². The van der Waals surface area contributed by atoms with Gasteiger partial charge in [-0.15, -0.1) is 0 Å². The lowest BCUT2D eigenvalue weighted by molar-refractivity contribution is 0.0621. The Labute approximate surface area is 188 Å². The second kappa shape index (κ2) is 9.54. The van der Waals surface area contributed by atoms with Crippen LogP contribution in [0.25, 0.3) is 0 Å². The van der Waals surface area contributed by atoms with Gasteiger partial charge in [-0.3, -0.25) is 9.69 Å². The third kappa shape index (κ3) is 5.27. The van der Waals surface area contributed by atoms with E-state index in [0.717, 1.165) is 47.1 Å². The molecule has 6 nitrogen and oxygen atoms in total. The van der Waals surface area contributed by atoms with Crippen molar-refractivity contribution >= 4 is 17.5 Å². The summed E-state index contributed by atoms with van der Waals surface area (Å²) in [6.45, 7) is 8.09. The number of carbonyl (C=O) groups excluding carboxylic acids is 1. The number of hydrogen-bond donors (Lipinski definition) is 0. The van der Waals surface area contributed by atoms with Gasteiger partial charge in [0.2, 0.25) is 0 Å². The van der Waals surface area contributed by atoms with Crippen molar-refractivity contribution in [2.45, 2.75) is 27.1 Å². The third-order valence-electron chi connectivity index (χ3n) is 5.57. The van der Waals surface area contributed by atoms with Crippen molar-refractivity contribution in [2.75, 3.05) is 26.2 Å². The molecule has 0 aliphatic carbocycles. The lowest BCUT2D eigenvalue weighted by Crippen LogP contribution is -2.48. The maximum Gasteiger partial charge on any atom is 0.274 e. The Balaban J connectivity index is 1.30. The number of ether oxygens (including phenoxy) is 1. The van der Waals surface area contributed by atoms with E-state index in [1.807, 2.05) is 55.1 Å². The van der Waals surface area contributed by atoms with Crippen LogP contribution in [-0.2, 0) is 13.3 Å². The van der Waals surface area contributed by atoms with Crippen molar-refractivity contribution in [3.05, 3.63) is 82.1 Å². The maximum absolute atomic E-state index is 12.9.